The highest BCUT2D eigenvalue weighted by atomic mass is 31.2. The largest absolute Gasteiger partial charge is 0.472 e. The summed E-state index contributed by atoms with van der Waals surface area (Å²) in [4.78, 5) is 35.0. The van der Waals surface area contributed by atoms with Gasteiger partial charge in [0.1, 0.15) is 12.7 Å². The molecule has 3 atom stereocenters. The minimum Gasteiger partial charge on any atom is -0.462 e. The van der Waals surface area contributed by atoms with E-state index in [1.54, 1.807) is 0 Å². The van der Waals surface area contributed by atoms with Gasteiger partial charge in [-0.25, -0.2) is 4.57 Å². The van der Waals surface area contributed by atoms with E-state index in [-0.39, 0.29) is 19.4 Å². The normalized spacial score (nSPS) is 14.0. The Kier molecular flexibility index (Phi) is 41.4. The van der Waals surface area contributed by atoms with E-state index >= 15 is 0 Å². The van der Waals surface area contributed by atoms with E-state index in [0.29, 0.717) is 12.8 Å². The molecule has 0 saturated heterocycles. The van der Waals surface area contributed by atoms with E-state index in [4.69, 9.17) is 23.6 Å². The van der Waals surface area contributed by atoms with Gasteiger partial charge >= 0.3 is 19.8 Å². The first-order valence-electron chi connectivity index (χ1n) is 23.3. The van der Waals surface area contributed by atoms with E-state index in [9.17, 15) is 24.2 Å². The Hall–Kier alpha value is -1.55. The van der Waals surface area contributed by atoms with Gasteiger partial charge in [-0.15, -0.1) is 0 Å². The number of carbonyl (C=O) groups excluding carboxylic acids is 2. The molecule has 0 aliphatic heterocycles. The zero-order valence-electron chi connectivity index (χ0n) is 36.6. The summed E-state index contributed by atoms with van der Waals surface area (Å²) in [5.41, 5.74) is 0. The summed E-state index contributed by atoms with van der Waals surface area (Å²) >= 11 is 0. The van der Waals surface area contributed by atoms with Gasteiger partial charge in [-0.3, -0.25) is 18.6 Å². The number of hydrogen-bond donors (Lipinski definition) is 3. The first-order chi connectivity index (χ1) is 27.7. The molecule has 1 unspecified atom stereocenters. The van der Waals surface area contributed by atoms with Gasteiger partial charge in [0.2, 0.25) is 0 Å². The van der Waals surface area contributed by atoms with E-state index < -0.39 is 51.8 Å². The van der Waals surface area contributed by atoms with Gasteiger partial charge in [-0.2, -0.15) is 0 Å². The van der Waals surface area contributed by atoms with Crippen molar-refractivity contribution in [2.75, 3.05) is 26.4 Å². The molecule has 3 N–H and O–H groups in total. The van der Waals surface area contributed by atoms with Crippen molar-refractivity contribution in [1.82, 2.24) is 0 Å². The van der Waals surface area contributed by atoms with Crippen LogP contribution in [0.5, 0.6) is 0 Å². The maximum Gasteiger partial charge on any atom is 0.472 e. The molecule has 0 saturated carbocycles. The molecule has 0 bridgehead atoms. The van der Waals surface area contributed by atoms with Crippen molar-refractivity contribution >= 4 is 19.8 Å². The lowest BCUT2D eigenvalue weighted by molar-refractivity contribution is -0.161. The van der Waals surface area contributed by atoms with E-state index in [2.05, 4.69) is 32.1 Å². The van der Waals surface area contributed by atoms with Crippen molar-refractivity contribution in [2.45, 2.75) is 232 Å². The second-order valence-electron chi connectivity index (χ2n) is 15.8. The van der Waals surface area contributed by atoms with E-state index in [1.165, 1.54) is 148 Å². The fourth-order valence-electron chi connectivity index (χ4n) is 6.48. The van der Waals surface area contributed by atoms with Gasteiger partial charge in [0.25, 0.3) is 0 Å². The van der Waals surface area contributed by atoms with Crippen LogP contribution < -0.4 is 0 Å². The first-order valence-corrected chi connectivity index (χ1v) is 24.8. The Balaban J connectivity index is 4.26. The molecular formula is C46H87O10P. The molecule has 0 aliphatic carbocycles. The highest BCUT2D eigenvalue weighted by molar-refractivity contribution is 7.47. The topological polar surface area (TPSA) is 149 Å². The summed E-state index contributed by atoms with van der Waals surface area (Å²) in [5.74, 6) is -0.976. The SMILES string of the molecule is CCCCCCCC/C=C/CCCCCCCCCCCC(=O)O[C@H](COC(=O)CC/C=C/CCCCCCCCCCCCC)COP(=O)(O)OC[C@@H](O)CO. The number of allylic oxidation sites excluding steroid dienone is 4. The number of phosphoric acid groups is 1. The molecule has 0 rings (SSSR count). The van der Waals surface area contributed by atoms with Crippen LogP contribution in [0.25, 0.3) is 0 Å². The third-order valence-electron chi connectivity index (χ3n) is 10.1. The highest BCUT2D eigenvalue weighted by Gasteiger charge is 2.27. The number of aliphatic hydroxyl groups is 2. The Morgan fingerprint density at radius 1 is 0.509 bits per heavy atom. The maximum atomic E-state index is 12.6. The molecule has 57 heavy (non-hydrogen) atoms. The van der Waals surface area contributed by atoms with Crippen LogP contribution in [0.1, 0.15) is 219 Å². The number of ether oxygens (including phenoxy) is 2. The number of rotatable bonds is 44. The zero-order chi connectivity index (χ0) is 41.9. The van der Waals surface area contributed by atoms with Gasteiger partial charge in [-0.1, -0.05) is 179 Å². The molecule has 0 fully saturated rings. The van der Waals surface area contributed by atoms with Crippen molar-refractivity contribution in [3.63, 3.8) is 0 Å². The second kappa shape index (κ2) is 42.6. The van der Waals surface area contributed by atoms with Crippen LogP contribution in [0.3, 0.4) is 0 Å². The maximum absolute atomic E-state index is 12.6. The average molecular weight is 831 g/mol. The van der Waals surface area contributed by atoms with Crippen LogP contribution in [0.2, 0.25) is 0 Å². The lowest BCUT2D eigenvalue weighted by atomic mass is 10.1. The average Bonchev–Trinajstić information content (AvgIpc) is 3.20. The number of carbonyl (C=O) groups is 2. The third kappa shape index (κ3) is 42.4. The molecule has 0 aromatic rings. The summed E-state index contributed by atoms with van der Waals surface area (Å²) < 4.78 is 32.7. The highest BCUT2D eigenvalue weighted by Crippen LogP contribution is 2.43. The molecule has 11 heteroatoms. The van der Waals surface area contributed by atoms with Crippen molar-refractivity contribution in [2.24, 2.45) is 0 Å². The lowest BCUT2D eigenvalue weighted by Gasteiger charge is -2.20. The summed E-state index contributed by atoms with van der Waals surface area (Å²) in [6, 6.07) is 0. The smallest absolute Gasteiger partial charge is 0.462 e. The van der Waals surface area contributed by atoms with Crippen LogP contribution in [0, 0.1) is 0 Å². The van der Waals surface area contributed by atoms with Crippen LogP contribution in [-0.4, -0.2) is 65.7 Å². The van der Waals surface area contributed by atoms with Crippen molar-refractivity contribution < 1.29 is 47.8 Å². The summed E-state index contributed by atoms with van der Waals surface area (Å²) in [6.07, 6.45) is 43.0. The quantitative estimate of drug-likeness (QED) is 0.0234. The summed E-state index contributed by atoms with van der Waals surface area (Å²) in [5, 5.41) is 18.3. The molecule has 0 spiro atoms. The van der Waals surface area contributed by atoms with Crippen LogP contribution in [0.4, 0.5) is 0 Å². The van der Waals surface area contributed by atoms with Gasteiger partial charge in [0.15, 0.2) is 6.10 Å². The molecule has 336 valence electrons. The Morgan fingerprint density at radius 3 is 1.33 bits per heavy atom. The number of unbranched alkanes of at least 4 members (excludes halogenated alkanes) is 26. The molecule has 0 aliphatic rings. The number of phosphoric ester groups is 1. The number of esters is 2. The second-order valence-corrected chi connectivity index (χ2v) is 17.2. The van der Waals surface area contributed by atoms with Gasteiger partial charge in [0.05, 0.1) is 19.8 Å². The zero-order valence-corrected chi connectivity index (χ0v) is 37.5. The predicted molar refractivity (Wildman–Crippen MR) is 233 cm³/mol. The Morgan fingerprint density at radius 2 is 0.895 bits per heavy atom. The van der Waals surface area contributed by atoms with Crippen LogP contribution >= 0.6 is 7.82 Å². The van der Waals surface area contributed by atoms with Crippen molar-refractivity contribution in [3.05, 3.63) is 24.3 Å². The van der Waals surface area contributed by atoms with Gasteiger partial charge in [-0.05, 0) is 51.4 Å². The van der Waals surface area contributed by atoms with Crippen LogP contribution in [0.15, 0.2) is 24.3 Å². The molecule has 10 nitrogen and oxygen atoms in total. The molecule has 0 aromatic carbocycles. The molecule has 0 heterocycles. The Bertz CT molecular complexity index is 1000. The standard InChI is InChI=1S/C46H87O10P/c1-3-5-7-9-11-13-15-17-19-20-21-22-24-26-28-30-32-34-36-38-46(50)56-44(42-55-57(51,52)54-40-43(48)39-47)41-53-45(49)37-35-33-31-29-27-25-23-18-16-14-12-10-8-6-4-2/h17,19,31,33,43-44,47-48H,3-16,18,20-30,32,34-42H2,1-2H3,(H,51,52)/b19-17+,33-31+/t43-,44+/m0/s1. The fraction of sp³-hybridized carbons (Fsp3) is 0.870. The van der Waals surface area contributed by atoms with Gasteiger partial charge in [0, 0.05) is 12.8 Å². The molecule has 0 radical (unpaired) electrons. The first kappa shape index (κ1) is 55.5. The van der Waals surface area contributed by atoms with Crippen LogP contribution in [-0.2, 0) is 32.7 Å². The summed E-state index contributed by atoms with van der Waals surface area (Å²) in [7, 11) is -4.62. The summed E-state index contributed by atoms with van der Waals surface area (Å²) in [6.45, 7) is 2.36. The minimum atomic E-state index is -4.62. The monoisotopic (exact) mass is 831 g/mol. The lowest BCUT2D eigenvalue weighted by Crippen LogP contribution is -2.29. The van der Waals surface area contributed by atoms with Crippen molar-refractivity contribution in [3.8, 4) is 0 Å². The fourth-order valence-corrected chi connectivity index (χ4v) is 7.27. The van der Waals surface area contributed by atoms with E-state index in [1.807, 2.05) is 6.08 Å². The van der Waals surface area contributed by atoms with E-state index in [0.717, 1.165) is 32.1 Å². The molecule has 0 aromatic heterocycles. The van der Waals surface area contributed by atoms with Gasteiger partial charge < -0.3 is 24.6 Å². The Labute approximate surface area is 348 Å². The molecule has 0 amide bonds. The third-order valence-corrected chi connectivity index (χ3v) is 11.0. The minimum absolute atomic E-state index is 0.160. The van der Waals surface area contributed by atoms with Crippen molar-refractivity contribution in [1.29, 1.82) is 0 Å². The number of aliphatic hydroxyl groups excluding tert-OH is 2. The molecular weight excluding hydrogens is 743 g/mol. The number of hydrogen-bond acceptors (Lipinski definition) is 9. The predicted octanol–water partition coefficient (Wildman–Crippen LogP) is 12.6.